The topological polar surface area (TPSA) is 160 Å². The Kier molecular flexibility index (Phi) is 10.4. The summed E-state index contributed by atoms with van der Waals surface area (Å²) in [5.74, 6) is 0.464. The Hall–Kier alpha value is -2.41. The van der Waals surface area contributed by atoms with Gasteiger partial charge in [0.15, 0.2) is 11.3 Å². The van der Waals surface area contributed by atoms with Crippen LogP contribution >= 0.6 is 0 Å². The quantitative estimate of drug-likeness (QED) is 0.193. The lowest BCUT2D eigenvalue weighted by atomic mass is 9.83. The smallest absolute Gasteiger partial charge is 0.306 e. The van der Waals surface area contributed by atoms with Gasteiger partial charge in [0.05, 0.1) is 19.5 Å². The van der Waals surface area contributed by atoms with Gasteiger partial charge in [-0.1, -0.05) is 19.3 Å². The van der Waals surface area contributed by atoms with E-state index in [9.17, 15) is 25.2 Å². The molecule has 0 radical (unpaired) electrons. The van der Waals surface area contributed by atoms with E-state index in [0.29, 0.717) is 29.4 Å². The Bertz CT molecular complexity index is 1080. The number of aryl methyl sites for hydroxylation is 1. The minimum atomic E-state index is -1.61. The van der Waals surface area contributed by atoms with Crippen molar-refractivity contribution in [3.05, 3.63) is 23.5 Å². The Morgan fingerprint density at radius 1 is 1.10 bits per heavy atom. The van der Waals surface area contributed by atoms with Crippen molar-refractivity contribution in [1.82, 2.24) is 5.32 Å². The molecular formula is C28H41NO10. The third-order valence-corrected chi connectivity index (χ3v) is 7.51. The summed E-state index contributed by atoms with van der Waals surface area (Å²) < 4.78 is 29.2. The molecule has 5 N–H and O–H groups in total. The standard InChI is InChI=1S/C28H41NO10/c1-3-35-21(31)10-9-17-13-18-19(16-7-5-4-6-8-16)15-37-26(18)27(36-12-11-29-2)25(17)39-28-24(34)23(33)22(32)20(14-30)38-28/h13,15-16,20,22-24,28-30,32-34H,3-12,14H2,1-2H3/t20-,22-,23+,24-,28-/m1/s1. The molecule has 11 heteroatoms. The fraction of sp³-hybridized carbons (Fsp3) is 0.679. The zero-order chi connectivity index (χ0) is 27.9. The molecular weight excluding hydrogens is 510 g/mol. The number of carbonyl (C=O) groups is 1. The Labute approximate surface area is 228 Å². The second kappa shape index (κ2) is 13.8. The molecule has 39 heavy (non-hydrogen) atoms. The molecule has 5 atom stereocenters. The summed E-state index contributed by atoms with van der Waals surface area (Å²) in [4.78, 5) is 12.3. The van der Waals surface area contributed by atoms with Crippen LogP contribution in [-0.2, 0) is 20.7 Å². The molecule has 4 rings (SSSR count). The van der Waals surface area contributed by atoms with Crippen molar-refractivity contribution in [2.45, 2.75) is 88.5 Å². The molecule has 0 amide bonds. The molecule has 0 bridgehead atoms. The normalized spacial score (nSPS) is 26.1. The first kappa shape index (κ1) is 29.6. The first-order valence-electron chi connectivity index (χ1n) is 13.9. The predicted molar refractivity (Wildman–Crippen MR) is 141 cm³/mol. The molecule has 2 fully saturated rings. The number of hydrogen-bond donors (Lipinski definition) is 5. The summed E-state index contributed by atoms with van der Waals surface area (Å²) in [6, 6.07) is 1.92. The molecule has 1 aromatic carbocycles. The van der Waals surface area contributed by atoms with Gasteiger partial charge in [0.1, 0.15) is 31.0 Å². The highest BCUT2D eigenvalue weighted by Crippen LogP contribution is 2.46. The summed E-state index contributed by atoms with van der Waals surface area (Å²) in [6.07, 6.45) is 0.407. The van der Waals surface area contributed by atoms with E-state index < -0.39 is 37.3 Å². The van der Waals surface area contributed by atoms with Gasteiger partial charge in [0.2, 0.25) is 12.0 Å². The summed E-state index contributed by atoms with van der Waals surface area (Å²) in [5, 5.41) is 44.7. The van der Waals surface area contributed by atoms with Crippen LogP contribution in [0, 0.1) is 0 Å². The van der Waals surface area contributed by atoms with Crippen LogP contribution < -0.4 is 14.8 Å². The number of benzene rings is 1. The zero-order valence-electron chi connectivity index (χ0n) is 22.6. The molecule has 1 aromatic heterocycles. The molecule has 11 nitrogen and oxygen atoms in total. The van der Waals surface area contributed by atoms with E-state index in [1.807, 2.05) is 6.07 Å². The van der Waals surface area contributed by atoms with Crippen LogP contribution in [0.5, 0.6) is 11.5 Å². The first-order chi connectivity index (χ1) is 18.9. The van der Waals surface area contributed by atoms with E-state index in [1.54, 1.807) is 20.2 Å². The molecule has 2 heterocycles. The molecule has 1 aliphatic heterocycles. The number of aliphatic hydroxyl groups excluding tert-OH is 4. The van der Waals surface area contributed by atoms with Gasteiger partial charge in [-0.15, -0.1) is 0 Å². The fourth-order valence-electron chi connectivity index (χ4n) is 5.38. The summed E-state index contributed by atoms with van der Waals surface area (Å²) in [6.45, 7) is 2.22. The van der Waals surface area contributed by atoms with Gasteiger partial charge in [-0.05, 0) is 50.8 Å². The van der Waals surface area contributed by atoms with Gasteiger partial charge in [0.25, 0.3) is 0 Å². The Morgan fingerprint density at radius 2 is 1.87 bits per heavy atom. The highest BCUT2D eigenvalue weighted by atomic mass is 16.7. The van der Waals surface area contributed by atoms with Crippen LogP contribution in [0.3, 0.4) is 0 Å². The van der Waals surface area contributed by atoms with E-state index in [-0.39, 0.29) is 37.8 Å². The molecule has 2 aromatic rings. The molecule has 1 saturated heterocycles. The van der Waals surface area contributed by atoms with Gasteiger partial charge in [-0.25, -0.2) is 0 Å². The molecule has 218 valence electrons. The summed E-state index contributed by atoms with van der Waals surface area (Å²) in [5.41, 5.74) is 2.18. The van der Waals surface area contributed by atoms with Gasteiger partial charge in [-0.3, -0.25) is 4.79 Å². The molecule has 1 saturated carbocycles. The lowest BCUT2D eigenvalue weighted by Gasteiger charge is -2.39. The van der Waals surface area contributed by atoms with Crippen LogP contribution in [0.4, 0.5) is 0 Å². The van der Waals surface area contributed by atoms with Gasteiger partial charge < -0.3 is 49.1 Å². The summed E-state index contributed by atoms with van der Waals surface area (Å²) >= 11 is 0. The minimum Gasteiger partial charge on any atom is -0.485 e. The number of fused-ring (bicyclic) bond motifs is 1. The highest BCUT2D eigenvalue weighted by Gasteiger charge is 2.45. The van der Waals surface area contributed by atoms with Crippen LogP contribution in [-0.4, -0.2) is 90.5 Å². The van der Waals surface area contributed by atoms with E-state index >= 15 is 0 Å². The number of rotatable bonds is 12. The predicted octanol–water partition coefficient (Wildman–Crippen LogP) is 1.75. The number of esters is 1. The van der Waals surface area contributed by atoms with Crippen molar-refractivity contribution in [3.63, 3.8) is 0 Å². The first-order valence-corrected chi connectivity index (χ1v) is 13.9. The molecule has 1 aliphatic carbocycles. The maximum Gasteiger partial charge on any atom is 0.306 e. The summed E-state index contributed by atoms with van der Waals surface area (Å²) in [7, 11) is 1.80. The fourth-order valence-corrected chi connectivity index (χ4v) is 5.38. The van der Waals surface area contributed by atoms with Crippen molar-refractivity contribution in [2.24, 2.45) is 0 Å². The Morgan fingerprint density at radius 3 is 2.56 bits per heavy atom. The van der Waals surface area contributed by atoms with E-state index in [0.717, 1.165) is 36.6 Å². The third-order valence-electron chi connectivity index (χ3n) is 7.51. The number of likely N-dealkylation sites (N-methyl/N-ethyl adjacent to an activating group) is 1. The lowest BCUT2D eigenvalue weighted by molar-refractivity contribution is -0.277. The van der Waals surface area contributed by atoms with Crippen LogP contribution in [0.1, 0.15) is 62.5 Å². The number of hydrogen-bond acceptors (Lipinski definition) is 11. The van der Waals surface area contributed by atoms with Gasteiger partial charge in [-0.2, -0.15) is 0 Å². The SMILES string of the molecule is CCOC(=O)CCc1cc2c(C3CCCCC3)coc2c(OCCNC)c1O[C@H]1O[C@H](CO)[C@@H](O)[C@H](O)[C@H]1O. The maximum absolute atomic E-state index is 12.3. The van der Waals surface area contributed by atoms with Crippen molar-refractivity contribution >= 4 is 16.9 Å². The number of nitrogens with one attached hydrogen (secondary N) is 1. The second-order valence-corrected chi connectivity index (χ2v) is 10.2. The van der Waals surface area contributed by atoms with Crippen molar-refractivity contribution < 1.29 is 48.6 Å². The van der Waals surface area contributed by atoms with Crippen LogP contribution in [0.25, 0.3) is 11.0 Å². The number of furan rings is 1. The average molecular weight is 552 g/mol. The van der Waals surface area contributed by atoms with Crippen molar-refractivity contribution in [3.8, 4) is 11.5 Å². The molecule has 2 aliphatic rings. The van der Waals surface area contributed by atoms with Crippen LogP contribution in [0.15, 0.2) is 16.7 Å². The molecule has 0 spiro atoms. The molecule has 0 unspecified atom stereocenters. The van der Waals surface area contributed by atoms with Gasteiger partial charge >= 0.3 is 5.97 Å². The van der Waals surface area contributed by atoms with E-state index in [2.05, 4.69) is 5.32 Å². The van der Waals surface area contributed by atoms with E-state index in [4.69, 9.17) is 23.4 Å². The lowest BCUT2D eigenvalue weighted by Crippen LogP contribution is -2.60. The average Bonchev–Trinajstić information content (AvgIpc) is 3.37. The highest BCUT2D eigenvalue weighted by molar-refractivity contribution is 5.90. The van der Waals surface area contributed by atoms with Crippen molar-refractivity contribution in [1.29, 1.82) is 0 Å². The number of ether oxygens (including phenoxy) is 4. The van der Waals surface area contributed by atoms with Gasteiger partial charge in [0, 0.05) is 23.9 Å². The van der Waals surface area contributed by atoms with Crippen LogP contribution in [0.2, 0.25) is 0 Å². The number of aliphatic hydroxyl groups is 4. The second-order valence-electron chi connectivity index (χ2n) is 10.2. The minimum absolute atomic E-state index is 0.0803. The Balaban J connectivity index is 1.78. The third kappa shape index (κ3) is 6.67. The maximum atomic E-state index is 12.3. The number of carbonyl (C=O) groups excluding carboxylic acids is 1. The monoisotopic (exact) mass is 551 g/mol. The zero-order valence-corrected chi connectivity index (χ0v) is 22.6. The largest absolute Gasteiger partial charge is 0.485 e. The van der Waals surface area contributed by atoms with Crippen molar-refractivity contribution in [2.75, 3.05) is 33.4 Å². The van der Waals surface area contributed by atoms with E-state index in [1.165, 1.54) is 6.42 Å².